The molecule has 2 heterocycles. The van der Waals surface area contributed by atoms with Crippen LogP contribution in [0.2, 0.25) is 0 Å². The van der Waals surface area contributed by atoms with Crippen LogP contribution in [-0.2, 0) is 17.8 Å². The number of β-amino-alcohol motifs (C(OH)–C–C–N with tert-alkyl or cyclic N) is 1. The van der Waals surface area contributed by atoms with Crippen molar-refractivity contribution in [2.45, 2.75) is 38.8 Å². The van der Waals surface area contributed by atoms with Crippen LogP contribution in [0.4, 0.5) is 0 Å². The van der Waals surface area contributed by atoms with Gasteiger partial charge >= 0.3 is 0 Å². The Labute approximate surface area is 119 Å². The standard InChI is InChI=1S/C14H23N3O3/c1-2-13-15-5-8-16(13)7-4-14(20)17-6-3-11(10-18)12(19)9-17/h5,8,11-12,18-19H,2-4,6-7,9-10H2,1H3/t11-,12-/m1/s1. The second-order valence-electron chi connectivity index (χ2n) is 5.28. The van der Waals surface area contributed by atoms with E-state index in [-0.39, 0.29) is 18.4 Å². The zero-order chi connectivity index (χ0) is 14.5. The lowest BCUT2D eigenvalue weighted by Gasteiger charge is -2.35. The van der Waals surface area contributed by atoms with E-state index in [9.17, 15) is 9.90 Å². The zero-order valence-corrected chi connectivity index (χ0v) is 11.9. The summed E-state index contributed by atoms with van der Waals surface area (Å²) in [4.78, 5) is 18.1. The van der Waals surface area contributed by atoms with E-state index in [2.05, 4.69) is 4.98 Å². The molecule has 0 aliphatic carbocycles. The number of amides is 1. The molecular formula is C14H23N3O3. The number of hydrogen-bond donors (Lipinski definition) is 2. The number of imidazole rings is 1. The summed E-state index contributed by atoms with van der Waals surface area (Å²) in [5, 5.41) is 19.0. The van der Waals surface area contributed by atoms with Gasteiger partial charge in [-0.3, -0.25) is 4.79 Å². The fourth-order valence-electron chi connectivity index (χ4n) is 2.65. The first-order chi connectivity index (χ1) is 9.65. The Bertz CT molecular complexity index is 447. The van der Waals surface area contributed by atoms with Crippen LogP contribution in [0.1, 0.15) is 25.6 Å². The van der Waals surface area contributed by atoms with E-state index in [0.29, 0.717) is 32.5 Å². The minimum absolute atomic E-state index is 0.0158. The van der Waals surface area contributed by atoms with Crippen molar-refractivity contribution >= 4 is 5.91 Å². The highest BCUT2D eigenvalue weighted by molar-refractivity contribution is 5.76. The lowest BCUT2D eigenvalue weighted by atomic mass is 9.94. The van der Waals surface area contributed by atoms with Crippen LogP contribution >= 0.6 is 0 Å². The van der Waals surface area contributed by atoms with Gasteiger partial charge in [0.2, 0.25) is 5.91 Å². The molecule has 1 aliphatic rings. The van der Waals surface area contributed by atoms with Crippen LogP contribution in [0.3, 0.4) is 0 Å². The Kier molecular flexibility index (Phi) is 5.14. The van der Waals surface area contributed by atoms with Gasteiger partial charge in [-0.25, -0.2) is 4.98 Å². The van der Waals surface area contributed by atoms with E-state index in [0.717, 1.165) is 12.2 Å². The van der Waals surface area contributed by atoms with E-state index in [1.54, 1.807) is 11.1 Å². The van der Waals surface area contributed by atoms with Gasteiger partial charge in [0.05, 0.1) is 6.10 Å². The number of carbonyl (C=O) groups is 1. The van der Waals surface area contributed by atoms with E-state index in [1.807, 2.05) is 17.7 Å². The van der Waals surface area contributed by atoms with Crippen LogP contribution in [0.5, 0.6) is 0 Å². The second kappa shape index (κ2) is 6.85. The van der Waals surface area contributed by atoms with E-state index in [1.165, 1.54) is 0 Å². The smallest absolute Gasteiger partial charge is 0.224 e. The summed E-state index contributed by atoms with van der Waals surface area (Å²) in [6, 6.07) is 0. The summed E-state index contributed by atoms with van der Waals surface area (Å²) in [7, 11) is 0. The number of nitrogens with zero attached hydrogens (tertiary/aromatic N) is 3. The molecule has 1 aromatic heterocycles. The Balaban J connectivity index is 1.84. The van der Waals surface area contributed by atoms with E-state index in [4.69, 9.17) is 5.11 Å². The fraction of sp³-hybridized carbons (Fsp3) is 0.714. The number of aromatic nitrogens is 2. The quantitative estimate of drug-likeness (QED) is 0.798. The molecule has 0 unspecified atom stereocenters. The Morgan fingerprint density at radius 3 is 3.00 bits per heavy atom. The maximum Gasteiger partial charge on any atom is 0.224 e. The third-order valence-electron chi connectivity index (χ3n) is 3.99. The third-order valence-corrected chi connectivity index (χ3v) is 3.99. The summed E-state index contributed by atoms with van der Waals surface area (Å²) in [5.74, 6) is 0.937. The molecular weight excluding hydrogens is 258 g/mol. The molecule has 0 bridgehead atoms. The maximum absolute atomic E-state index is 12.2. The Hall–Kier alpha value is -1.40. The molecule has 0 aromatic carbocycles. The monoisotopic (exact) mass is 281 g/mol. The molecule has 2 rings (SSSR count). The van der Waals surface area contributed by atoms with Gasteiger partial charge in [-0.15, -0.1) is 0 Å². The predicted molar refractivity (Wildman–Crippen MR) is 74.0 cm³/mol. The molecule has 20 heavy (non-hydrogen) atoms. The summed E-state index contributed by atoms with van der Waals surface area (Å²) < 4.78 is 1.99. The Morgan fingerprint density at radius 2 is 2.35 bits per heavy atom. The van der Waals surface area contributed by atoms with Crippen molar-refractivity contribution in [3.63, 3.8) is 0 Å². The lowest BCUT2D eigenvalue weighted by Crippen LogP contribution is -2.47. The van der Waals surface area contributed by atoms with Crippen molar-refractivity contribution in [2.24, 2.45) is 5.92 Å². The normalized spacial score (nSPS) is 23.1. The van der Waals surface area contributed by atoms with Crippen LogP contribution in [-0.4, -0.2) is 56.4 Å². The largest absolute Gasteiger partial charge is 0.396 e. The van der Waals surface area contributed by atoms with Crippen LogP contribution in [0.25, 0.3) is 0 Å². The number of rotatable bonds is 5. The molecule has 2 N–H and O–H groups in total. The maximum atomic E-state index is 12.2. The van der Waals surface area contributed by atoms with Crippen molar-refractivity contribution in [1.82, 2.24) is 14.5 Å². The SMILES string of the molecule is CCc1nccn1CCC(=O)N1CC[C@H](CO)[C@H](O)C1. The summed E-state index contributed by atoms with van der Waals surface area (Å²) in [6.07, 6.45) is 4.95. The average molecular weight is 281 g/mol. The Morgan fingerprint density at radius 1 is 1.55 bits per heavy atom. The number of aryl methyl sites for hydroxylation is 2. The first-order valence-corrected chi connectivity index (χ1v) is 7.22. The molecule has 2 atom stereocenters. The number of hydrogen-bond acceptors (Lipinski definition) is 4. The van der Waals surface area contributed by atoms with Gasteiger partial charge in [-0.1, -0.05) is 6.92 Å². The van der Waals surface area contributed by atoms with Crippen LogP contribution in [0, 0.1) is 5.92 Å². The van der Waals surface area contributed by atoms with Gasteiger partial charge in [-0.05, 0) is 6.42 Å². The van der Waals surface area contributed by atoms with Gasteiger partial charge in [0, 0.05) is 57.4 Å². The van der Waals surface area contributed by atoms with Crippen LogP contribution in [0.15, 0.2) is 12.4 Å². The predicted octanol–water partition coefficient (Wildman–Crippen LogP) is 0.0373. The van der Waals surface area contributed by atoms with Crippen molar-refractivity contribution in [3.05, 3.63) is 18.2 Å². The van der Waals surface area contributed by atoms with Gasteiger partial charge in [0.25, 0.3) is 0 Å². The van der Waals surface area contributed by atoms with E-state index < -0.39 is 6.10 Å². The number of likely N-dealkylation sites (tertiary alicyclic amines) is 1. The second-order valence-corrected chi connectivity index (χ2v) is 5.28. The first kappa shape index (κ1) is 15.0. The zero-order valence-electron chi connectivity index (χ0n) is 11.9. The van der Waals surface area contributed by atoms with Gasteiger partial charge in [0.15, 0.2) is 0 Å². The lowest BCUT2D eigenvalue weighted by molar-refractivity contribution is -0.136. The molecule has 1 aromatic rings. The van der Waals surface area contributed by atoms with Crippen molar-refractivity contribution in [2.75, 3.05) is 19.7 Å². The highest BCUT2D eigenvalue weighted by Crippen LogP contribution is 2.18. The van der Waals surface area contributed by atoms with Gasteiger partial charge < -0.3 is 19.7 Å². The number of piperidine rings is 1. The highest BCUT2D eigenvalue weighted by atomic mass is 16.3. The molecule has 1 aliphatic heterocycles. The van der Waals surface area contributed by atoms with Crippen molar-refractivity contribution in [3.8, 4) is 0 Å². The number of aliphatic hydroxyl groups is 2. The highest BCUT2D eigenvalue weighted by Gasteiger charge is 2.29. The molecule has 112 valence electrons. The van der Waals surface area contributed by atoms with Gasteiger partial charge in [0.1, 0.15) is 5.82 Å². The molecule has 0 radical (unpaired) electrons. The molecule has 0 spiro atoms. The number of carbonyl (C=O) groups excluding carboxylic acids is 1. The number of aliphatic hydroxyl groups excluding tert-OH is 2. The average Bonchev–Trinajstić information content (AvgIpc) is 2.92. The molecule has 1 amide bonds. The van der Waals surface area contributed by atoms with Crippen LogP contribution < -0.4 is 0 Å². The molecule has 1 saturated heterocycles. The summed E-state index contributed by atoms with van der Waals surface area (Å²) in [6.45, 7) is 3.59. The molecule has 6 heteroatoms. The summed E-state index contributed by atoms with van der Waals surface area (Å²) in [5.41, 5.74) is 0. The summed E-state index contributed by atoms with van der Waals surface area (Å²) >= 11 is 0. The molecule has 1 fully saturated rings. The topological polar surface area (TPSA) is 78.6 Å². The van der Waals surface area contributed by atoms with Gasteiger partial charge in [-0.2, -0.15) is 0 Å². The minimum atomic E-state index is -0.614. The first-order valence-electron chi connectivity index (χ1n) is 7.22. The van der Waals surface area contributed by atoms with E-state index >= 15 is 0 Å². The fourth-order valence-corrected chi connectivity index (χ4v) is 2.65. The molecule has 0 saturated carbocycles. The minimum Gasteiger partial charge on any atom is -0.396 e. The third kappa shape index (κ3) is 3.37. The molecule has 6 nitrogen and oxygen atoms in total. The van der Waals surface area contributed by atoms with Crippen molar-refractivity contribution < 1.29 is 15.0 Å². The van der Waals surface area contributed by atoms with Crippen molar-refractivity contribution in [1.29, 1.82) is 0 Å².